The highest BCUT2D eigenvalue weighted by Crippen LogP contribution is 2.34. The van der Waals surface area contributed by atoms with Crippen molar-refractivity contribution >= 4 is 5.69 Å². The largest absolute Gasteiger partial charge is 0.280 e. The molecule has 0 aliphatic rings. The lowest BCUT2D eigenvalue weighted by molar-refractivity contribution is -0.384. The van der Waals surface area contributed by atoms with E-state index in [1.165, 1.54) is 5.56 Å². The fourth-order valence-electron chi connectivity index (χ4n) is 2.18. The highest BCUT2D eigenvalue weighted by Gasteiger charge is 2.20. The Hall–Kier alpha value is -2.16. The zero-order valence-corrected chi connectivity index (χ0v) is 11.7. The normalized spacial score (nSPS) is 10.5. The summed E-state index contributed by atoms with van der Waals surface area (Å²) in [5.74, 6) is 0. The van der Waals surface area contributed by atoms with Gasteiger partial charge in [0.15, 0.2) is 0 Å². The van der Waals surface area contributed by atoms with Crippen LogP contribution in [-0.4, -0.2) is 4.92 Å². The van der Waals surface area contributed by atoms with E-state index in [1.54, 1.807) is 6.92 Å². The molecule has 2 rings (SSSR count). The molecular formula is C16H17NO2. The van der Waals surface area contributed by atoms with Gasteiger partial charge in [0, 0.05) is 5.56 Å². The predicted octanol–water partition coefficient (Wildman–Crippen LogP) is 4.50. The van der Waals surface area contributed by atoms with Gasteiger partial charge in [-0.15, -0.1) is 0 Å². The van der Waals surface area contributed by atoms with Crippen LogP contribution in [0.5, 0.6) is 0 Å². The van der Waals surface area contributed by atoms with Crippen LogP contribution < -0.4 is 0 Å². The molecule has 98 valence electrons. The molecule has 2 aromatic rings. The molecule has 0 bridgehead atoms. The van der Waals surface area contributed by atoms with Crippen LogP contribution in [0.4, 0.5) is 5.69 Å². The predicted molar refractivity (Wildman–Crippen MR) is 77.5 cm³/mol. The van der Waals surface area contributed by atoms with Gasteiger partial charge in [-0.1, -0.05) is 24.3 Å². The van der Waals surface area contributed by atoms with Gasteiger partial charge >= 0.3 is 0 Å². The van der Waals surface area contributed by atoms with Crippen LogP contribution in [0.3, 0.4) is 0 Å². The van der Waals surface area contributed by atoms with Crippen LogP contribution in [0.15, 0.2) is 30.3 Å². The van der Waals surface area contributed by atoms with E-state index < -0.39 is 0 Å². The summed E-state index contributed by atoms with van der Waals surface area (Å²) in [6.07, 6.45) is 0. The first-order valence-electron chi connectivity index (χ1n) is 6.24. The Morgan fingerprint density at radius 3 is 2.11 bits per heavy atom. The SMILES string of the molecule is Cc1ccc(-c2ccc(C)c(C)c2[N+](=O)[O-])cc1C. The van der Waals surface area contributed by atoms with Gasteiger partial charge in [-0.05, 0) is 56.0 Å². The summed E-state index contributed by atoms with van der Waals surface area (Å²) in [7, 11) is 0. The highest BCUT2D eigenvalue weighted by molar-refractivity contribution is 5.77. The maximum absolute atomic E-state index is 11.3. The molecule has 0 spiro atoms. The van der Waals surface area contributed by atoms with Crippen molar-refractivity contribution in [2.45, 2.75) is 27.7 Å². The topological polar surface area (TPSA) is 43.1 Å². The molecule has 0 heterocycles. The number of benzene rings is 2. The van der Waals surface area contributed by atoms with E-state index in [0.717, 1.165) is 22.3 Å². The van der Waals surface area contributed by atoms with Crippen LogP contribution in [0.25, 0.3) is 11.1 Å². The van der Waals surface area contributed by atoms with Crippen molar-refractivity contribution in [3.05, 3.63) is 62.7 Å². The van der Waals surface area contributed by atoms with Gasteiger partial charge in [-0.25, -0.2) is 0 Å². The number of hydrogen-bond acceptors (Lipinski definition) is 2. The lowest BCUT2D eigenvalue weighted by Gasteiger charge is -2.09. The summed E-state index contributed by atoms with van der Waals surface area (Å²) in [6, 6.07) is 9.73. The van der Waals surface area contributed by atoms with Crippen molar-refractivity contribution in [3.8, 4) is 11.1 Å². The Balaban J connectivity index is 2.71. The quantitative estimate of drug-likeness (QED) is 0.586. The minimum atomic E-state index is -0.285. The van der Waals surface area contributed by atoms with Gasteiger partial charge in [0.25, 0.3) is 5.69 Å². The minimum Gasteiger partial charge on any atom is -0.258 e. The van der Waals surface area contributed by atoms with Crippen molar-refractivity contribution in [2.75, 3.05) is 0 Å². The average molecular weight is 255 g/mol. The number of aryl methyl sites for hydroxylation is 3. The Labute approximate surface area is 113 Å². The van der Waals surface area contributed by atoms with Crippen molar-refractivity contribution < 1.29 is 4.92 Å². The van der Waals surface area contributed by atoms with Crippen LogP contribution in [0.1, 0.15) is 22.3 Å². The molecule has 0 aromatic heterocycles. The van der Waals surface area contributed by atoms with E-state index in [0.29, 0.717) is 5.56 Å². The molecule has 0 amide bonds. The molecule has 0 unspecified atom stereocenters. The monoisotopic (exact) mass is 255 g/mol. The Bertz CT molecular complexity index is 660. The Morgan fingerprint density at radius 2 is 1.53 bits per heavy atom. The third-order valence-electron chi connectivity index (χ3n) is 3.70. The van der Waals surface area contributed by atoms with Crippen molar-refractivity contribution in [1.82, 2.24) is 0 Å². The van der Waals surface area contributed by atoms with Crippen molar-refractivity contribution in [2.24, 2.45) is 0 Å². The molecule has 3 nitrogen and oxygen atoms in total. The molecule has 0 saturated heterocycles. The van der Waals surface area contributed by atoms with Crippen LogP contribution in [0, 0.1) is 37.8 Å². The lowest BCUT2D eigenvalue weighted by Crippen LogP contribution is -1.97. The van der Waals surface area contributed by atoms with Crippen LogP contribution in [0.2, 0.25) is 0 Å². The molecule has 0 aliphatic carbocycles. The number of hydrogen-bond donors (Lipinski definition) is 0. The van der Waals surface area contributed by atoms with Gasteiger partial charge in [0.05, 0.1) is 10.5 Å². The molecule has 0 aliphatic heterocycles. The molecule has 3 heteroatoms. The zero-order valence-electron chi connectivity index (χ0n) is 11.7. The summed E-state index contributed by atoms with van der Waals surface area (Å²) < 4.78 is 0. The molecule has 0 atom stereocenters. The highest BCUT2D eigenvalue weighted by atomic mass is 16.6. The third-order valence-corrected chi connectivity index (χ3v) is 3.70. The van der Waals surface area contributed by atoms with Gasteiger partial charge in [0.1, 0.15) is 0 Å². The second kappa shape index (κ2) is 4.84. The maximum Gasteiger partial charge on any atom is 0.280 e. The van der Waals surface area contributed by atoms with Crippen LogP contribution >= 0.6 is 0 Å². The van der Waals surface area contributed by atoms with E-state index in [2.05, 4.69) is 0 Å². The fraction of sp³-hybridized carbons (Fsp3) is 0.250. The molecule has 0 radical (unpaired) electrons. The van der Waals surface area contributed by atoms with E-state index in [-0.39, 0.29) is 10.6 Å². The van der Waals surface area contributed by atoms with E-state index in [4.69, 9.17) is 0 Å². The summed E-state index contributed by atoms with van der Waals surface area (Å²) in [6.45, 7) is 7.75. The van der Waals surface area contributed by atoms with Crippen molar-refractivity contribution in [1.29, 1.82) is 0 Å². The summed E-state index contributed by atoms with van der Waals surface area (Å²) in [5.41, 5.74) is 5.82. The van der Waals surface area contributed by atoms with Crippen molar-refractivity contribution in [3.63, 3.8) is 0 Å². The first-order valence-corrected chi connectivity index (χ1v) is 6.24. The molecule has 19 heavy (non-hydrogen) atoms. The zero-order chi connectivity index (χ0) is 14.2. The number of nitro groups is 1. The van der Waals surface area contributed by atoms with Gasteiger partial charge in [0.2, 0.25) is 0 Å². The summed E-state index contributed by atoms with van der Waals surface area (Å²) in [4.78, 5) is 11.0. The van der Waals surface area contributed by atoms with E-state index >= 15 is 0 Å². The fourth-order valence-corrected chi connectivity index (χ4v) is 2.18. The Morgan fingerprint density at radius 1 is 0.895 bits per heavy atom. The number of nitro benzene ring substituents is 1. The summed E-state index contributed by atoms with van der Waals surface area (Å²) >= 11 is 0. The van der Waals surface area contributed by atoms with E-state index in [9.17, 15) is 10.1 Å². The summed E-state index contributed by atoms with van der Waals surface area (Å²) in [5, 5.41) is 11.3. The van der Waals surface area contributed by atoms with Crippen LogP contribution in [-0.2, 0) is 0 Å². The molecule has 0 saturated carbocycles. The molecule has 0 fully saturated rings. The average Bonchev–Trinajstić information content (AvgIpc) is 2.35. The lowest BCUT2D eigenvalue weighted by atomic mass is 9.95. The molecule has 2 aromatic carbocycles. The smallest absolute Gasteiger partial charge is 0.258 e. The maximum atomic E-state index is 11.3. The third kappa shape index (κ3) is 2.36. The molecule has 0 N–H and O–H groups in total. The minimum absolute atomic E-state index is 0.211. The van der Waals surface area contributed by atoms with E-state index in [1.807, 2.05) is 51.1 Å². The Kier molecular flexibility index (Phi) is 3.38. The van der Waals surface area contributed by atoms with Gasteiger partial charge in [-0.3, -0.25) is 10.1 Å². The molecular weight excluding hydrogens is 238 g/mol. The first-order chi connectivity index (χ1) is 8.91. The number of nitrogens with zero attached hydrogens (tertiary/aromatic N) is 1. The van der Waals surface area contributed by atoms with Gasteiger partial charge < -0.3 is 0 Å². The second-order valence-electron chi connectivity index (χ2n) is 4.96. The van der Waals surface area contributed by atoms with Gasteiger partial charge in [-0.2, -0.15) is 0 Å². The standard InChI is InChI=1S/C16H17NO2/c1-10-5-7-14(9-12(10)3)15-8-6-11(2)13(4)16(15)17(18)19/h5-9H,1-4H3. The number of rotatable bonds is 2. The first kappa shape index (κ1) is 13.3. The second-order valence-corrected chi connectivity index (χ2v) is 4.96.